The van der Waals surface area contributed by atoms with Gasteiger partial charge in [-0.05, 0) is 148 Å². The average Bonchev–Trinajstić information content (AvgIpc) is 3.55. The molecule has 0 aromatic heterocycles. The summed E-state index contributed by atoms with van der Waals surface area (Å²) in [6.07, 6.45) is 4.54. The maximum atomic E-state index is 12.6. The number of hydrogen-bond donors (Lipinski definition) is 2. The van der Waals surface area contributed by atoms with Crippen molar-refractivity contribution < 1.29 is 89.5 Å². The summed E-state index contributed by atoms with van der Waals surface area (Å²) in [5.41, 5.74) is 0. The van der Waals surface area contributed by atoms with Crippen molar-refractivity contribution in [3.8, 4) is 17.2 Å². The first-order valence-electron chi connectivity index (χ1n) is 25.9. The minimum Gasteiger partial charge on any atom is -0.465 e. The number of hydrogen-bond acceptors (Lipinski definition) is 10. The minimum absolute atomic E-state index is 0.101. The highest BCUT2D eigenvalue weighted by Gasteiger charge is 2.35. The molecule has 24 heteroatoms. The van der Waals surface area contributed by atoms with Crippen LogP contribution in [0.5, 0.6) is 17.2 Å². The van der Waals surface area contributed by atoms with Gasteiger partial charge in [0.1, 0.15) is 17.2 Å². The number of rotatable bonds is 14. The molecule has 7 aromatic carbocycles. The van der Waals surface area contributed by atoms with E-state index in [9.17, 15) is 52.0 Å². The zero-order valence-corrected chi connectivity index (χ0v) is 47.4. The lowest BCUT2D eigenvalue weighted by Crippen LogP contribution is -2.25. The Morgan fingerprint density at radius 2 is 0.675 bits per heavy atom. The van der Waals surface area contributed by atoms with E-state index in [2.05, 4.69) is 164 Å². The van der Waals surface area contributed by atoms with E-state index >= 15 is 0 Å². The van der Waals surface area contributed by atoms with E-state index in [1.807, 2.05) is 0 Å². The molecule has 83 heavy (non-hydrogen) atoms. The highest BCUT2D eigenvalue weighted by atomic mass is 32.2. The molecule has 7 aromatic rings. The minimum atomic E-state index is -5.52. The van der Waals surface area contributed by atoms with Gasteiger partial charge in [-0.25, -0.2) is 22.0 Å². The van der Waals surface area contributed by atoms with Gasteiger partial charge < -0.3 is 28.4 Å². The van der Waals surface area contributed by atoms with Gasteiger partial charge in [0.05, 0.1) is 41.6 Å². The number of ether oxygens (including phenoxy) is 6. The van der Waals surface area contributed by atoms with Crippen molar-refractivity contribution in [2.75, 3.05) is 25.6 Å². The SMILES string of the molecule is O=S(=O)(O)CC(F)(F)F.O=S(=O)(O)c1c(F)c(F)c(F)c(F)c1F.c1ccc([S+](c2ccc(OC3CCCCO3)cc2)c2ccc(OC3CCCCO3)cc2)cc1.c1ccc([S+](c2ccccc2)c2ccc(OC3CCCCO3)cc2)cc1. The van der Waals surface area contributed by atoms with Crippen molar-refractivity contribution in [2.24, 2.45) is 0 Å². The Morgan fingerprint density at radius 1 is 0.410 bits per heavy atom. The summed E-state index contributed by atoms with van der Waals surface area (Å²) >= 11 is 0. The van der Waals surface area contributed by atoms with Crippen LogP contribution < -0.4 is 14.2 Å². The summed E-state index contributed by atoms with van der Waals surface area (Å²) in [6.45, 7) is 2.37. The fourth-order valence-electron chi connectivity index (χ4n) is 8.33. The second kappa shape index (κ2) is 30.5. The Bertz CT molecular complexity index is 3210. The molecular formula is C59H58F8O12S4+2. The molecule has 3 saturated heterocycles. The van der Waals surface area contributed by atoms with Gasteiger partial charge in [0.2, 0.25) is 5.82 Å². The molecule has 0 spiro atoms. The predicted molar refractivity (Wildman–Crippen MR) is 294 cm³/mol. The topological polar surface area (TPSA) is 164 Å². The fraction of sp³-hybridized carbons (Fsp3) is 0.288. The smallest absolute Gasteiger partial charge is 0.405 e. The summed E-state index contributed by atoms with van der Waals surface area (Å²) in [5, 5.41) is 0. The third-order valence-corrected chi connectivity index (χ3v) is 18.1. The molecule has 444 valence electrons. The number of halogens is 8. The van der Waals surface area contributed by atoms with E-state index < -0.39 is 66.1 Å². The second-order valence-electron chi connectivity index (χ2n) is 18.4. The van der Waals surface area contributed by atoms with E-state index in [-0.39, 0.29) is 40.7 Å². The van der Waals surface area contributed by atoms with Crippen molar-refractivity contribution >= 4 is 42.0 Å². The van der Waals surface area contributed by atoms with Gasteiger partial charge in [-0.2, -0.15) is 30.0 Å². The molecule has 12 nitrogen and oxygen atoms in total. The first-order valence-corrected chi connectivity index (χ1v) is 31.4. The molecule has 0 radical (unpaired) electrons. The zero-order chi connectivity index (χ0) is 59.6. The van der Waals surface area contributed by atoms with Crippen molar-refractivity contribution in [2.45, 2.75) is 117 Å². The van der Waals surface area contributed by atoms with Crippen molar-refractivity contribution in [1.29, 1.82) is 0 Å². The zero-order valence-electron chi connectivity index (χ0n) is 44.1. The molecule has 0 bridgehead atoms. The van der Waals surface area contributed by atoms with E-state index in [1.54, 1.807) is 0 Å². The molecule has 3 atom stereocenters. The first kappa shape index (κ1) is 64.3. The lowest BCUT2D eigenvalue weighted by atomic mass is 10.2. The Hall–Kier alpha value is -6.22. The highest BCUT2D eigenvalue weighted by molar-refractivity contribution is 7.97. The molecule has 3 aliphatic heterocycles. The van der Waals surface area contributed by atoms with Crippen LogP contribution in [0.3, 0.4) is 0 Å². The summed E-state index contributed by atoms with van der Waals surface area (Å²) < 4.78 is 186. The summed E-state index contributed by atoms with van der Waals surface area (Å²) in [7, 11) is -10.8. The molecule has 3 heterocycles. The molecule has 3 fully saturated rings. The molecular weight excluding hydrogens is 1180 g/mol. The van der Waals surface area contributed by atoms with Crippen LogP contribution >= 0.6 is 0 Å². The van der Waals surface area contributed by atoms with Crippen molar-refractivity contribution in [3.05, 3.63) is 193 Å². The fourth-order valence-corrected chi connectivity index (χ4v) is 13.5. The van der Waals surface area contributed by atoms with Gasteiger partial charge in [0.25, 0.3) is 10.1 Å². The van der Waals surface area contributed by atoms with Crippen LogP contribution in [-0.4, -0.2) is 76.6 Å². The van der Waals surface area contributed by atoms with Gasteiger partial charge in [-0.15, -0.1) is 0 Å². The molecule has 0 amide bonds. The number of benzene rings is 7. The highest BCUT2D eigenvalue weighted by Crippen LogP contribution is 2.36. The average molecular weight is 1240 g/mol. The van der Waals surface area contributed by atoms with Gasteiger partial charge in [-0.1, -0.05) is 54.6 Å². The summed E-state index contributed by atoms with van der Waals surface area (Å²) in [6, 6.07) is 57.5. The second-order valence-corrected chi connectivity index (χ2v) is 25.3. The number of alkyl halides is 3. The van der Waals surface area contributed by atoms with Crippen LogP contribution in [0.4, 0.5) is 35.1 Å². The van der Waals surface area contributed by atoms with Gasteiger partial charge in [-0.3, -0.25) is 9.11 Å². The van der Waals surface area contributed by atoms with Crippen LogP contribution in [0, 0.1) is 29.1 Å². The van der Waals surface area contributed by atoms with E-state index in [1.165, 1.54) is 35.8 Å². The van der Waals surface area contributed by atoms with Gasteiger partial charge >= 0.3 is 16.3 Å². The van der Waals surface area contributed by atoms with Crippen molar-refractivity contribution in [1.82, 2.24) is 0 Å². The maximum absolute atomic E-state index is 12.6. The molecule has 3 aliphatic rings. The van der Waals surface area contributed by atoms with Crippen LogP contribution in [0.1, 0.15) is 57.8 Å². The van der Waals surface area contributed by atoms with Gasteiger partial charge in [0, 0.05) is 19.3 Å². The van der Waals surface area contributed by atoms with E-state index in [0.29, 0.717) is 0 Å². The quantitative estimate of drug-likeness (QED) is 0.0349. The largest absolute Gasteiger partial charge is 0.465 e. The Labute approximate surface area is 481 Å². The normalized spacial score (nSPS) is 17.7. The van der Waals surface area contributed by atoms with Gasteiger partial charge in [0.15, 0.2) is 82.2 Å². The Morgan fingerprint density at radius 3 is 0.892 bits per heavy atom. The van der Waals surface area contributed by atoms with Crippen LogP contribution in [-0.2, 0) is 56.2 Å². The standard InChI is InChI=1S/C28H31O4S.C23H23O2S.C6HF5O3S.C2H3F3O3S/c1-2-8-24(9-3-1)33(25-16-12-22(13-17-25)31-27-10-4-6-20-29-27)26-18-14-23(15-19-26)32-28-11-5-7-21-30-28;1-3-9-20(10-4-1)26(21-11-5-2-6-12-21)22-16-14-19(15-17-22)25-23-13-7-8-18-24-23;7-1-2(8)4(10)6(15(12,13)14)5(11)3(1)9;3-2(4,5)1-9(6,7)8/h1-3,8-9,12-19,27-28H,4-7,10-11,20-21H2;1-6,9-12,14-17,23H,7-8,13,18H2;(H,12,13,14);1H2,(H,6,7,8)/q2*+1;;. The Balaban J connectivity index is 0.000000175. The molecule has 0 aliphatic carbocycles. The van der Waals surface area contributed by atoms with Crippen LogP contribution in [0.15, 0.2) is 198 Å². The lowest BCUT2D eigenvalue weighted by molar-refractivity contribution is -0.107. The summed E-state index contributed by atoms with van der Waals surface area (Å²) in [4.78, 5) is 5.46. The predicted octanol–water partition coefficient (Wildman–Crippen LogP) is 14.3. The monoisotopic (exact) mass is 1240 g/mol. The van der Waals surface area contributed by atoms with E-state index in [0.717, 1.165) is 88.4 Å². The maximum Gasteiger partial charge on any atom is 0.405 e. The lowest BCUT2D eigenvalue weighted by Gasteiger charge is -2.23. The van der Waals surface area contributed by atoms with E-state index in [4.69, 9.17) is 37.5 Å². The van der Waals surface area contributed by atoms with Crippen LogP contribution in [0.2, 0.25) is 0 Å². The molecule has 0 saturated carbocycles. The Kier molecular flexibility index (Phi) is 23.7. The van der Waals surface area contributed by atoms with Crippen LogP contribution in [0.25, 0.3) is 0 Å². The molecule has 3 unspecified atom stereocenters. The molecule has 10 rings (SSSR count). The third-order valence-electron chi connectivity index (χ3n) is 12.1. The summed E-state index contributed by atoms with van der Waals surface area (Å²) in [5.74, 6) is -12.2. The molecule has 2 N–H and O–H groups in total. The third kappa shape index (κ3) is 20.0. The first-order chi connectivity index (χ1) is 39.6. The van der Waals surface area contributed by atoms with Crippen molar-refractivity contribution in [3.63, 3.8) is 0 Å².